The van der Waals surface area contributed by atoms with Gasteiger partial charge in [0.05, 0.1) is 0 Å². The molecule has 2 heterocycles. The molecule has 0 atom stereocenters. The normalized spacial score (nSPS) is 15.6. The second-order valence-electron chi connectivity index (χ2n) is 3.36. The number of aryl methyl sites for hydroxylation is 2. The number of ether oxygens (including phenoxy) is 1. The second kappa shape index (κ2) is 3.94. The van der Waals surface area contributed by atoms with Crippen LogP contribution in [0.4, 0.5) is 8.78 Å². The molecule has 1 aliphatic heterocycles. The highest BCUT2D eigenvalue weighted by Crippen LogP contribution is 2.19. The lowest BCUT2D eigenvalue weighted by atomic mass is 10.1. The number of rotatable bonds is 3. The van der Waals surface area contributed by atoms with E-state index in [-0.39, 0.29) is 0 Å². The number of alkyl halides is 2. The van der Waals surface area contributed by atoms with Crippen molar-refractivity contribution in [2.75, 3.05) is 6.61 Å². The second-order valence-corrected chi connectivity index (χ2v) is 3.36. The summed E-state index contributed by atoms with van der Waals surface area (Å²) in [7, 11) is 0. The van der Waals surface area contributed by atoms with Crippen LogP contribution in [0.15, 0.2) is 6.07 Å². The zero-order valence-electron chi connectivity index (χ0n) is 7.75. The lowest BCUT2D eigenvalue weighted by Gasteiger charge is -2.11. The lowest BCUT2D eigenvalue weighted by molar-refractivity contribution is 0.0792. The lowest BCUT2D eigenvalue weighted by Crippen LogP contribution is -2.11. The van der Waals surface area contributed by atoms with Crippen LogP contribution in [-0.2, 0) is 13.0 Å². The third kappa shape index (κ3) is 2.02. The molecule has 1 aliphatic rings. The summed E-state index contributed by atoms with van der Waals surface area (Å²) >= 11 is 0. The van der Waals surface area contributed by atoms with Gasteiger partial charge in [-0.3, -0.25) is 4.68 Å². The van der Waals surface area contributed by atoms with Crippen molar-refractivity contribution in [1.82, 2.24) is 9.78 Å². The quantitative estimate of drug-likeness (QED) is 0.748. The van der Waals surface area contributed by atoms with E-state index in [4.69, 9.17) is 4.74 Å². The Bertz CT molecular complexity index is 288. The molecule has 1 aromatic rings. The monoisotopic (exact) mass is 202 g/mol. The molecular formula is C9H12F2N2O. The molecule has 0 aromatic carbocycles. The van der Waals surface area contributed by atoms with Crippen LogP contribution in [0.5, 0.6) is 5.88 Å². The summed E-state index contributed by atoms with van der Waals surface area (Å²) in [5.41, 5.74) is 1.08. The van der Waals surface area contributed by atoms with Crippen LogP contribution in [0.1, 0.15) is 18.5 Å². The third-order valence-electron chi connectivity index (χ3n) is 2.25. The predicted octanol–water partition coefficient (Wildman–Crippen LogP) is 1.86. The van der Waals surface area contributed by atoms with E-state index in [1.807, 2.05) is 4.68 Å². The Balaban J connectivity index is 2.01. The van der Waals surface area contributed by atoms with Crippen molar-refractivity contribution < 1.29 is 13.5 Å². The van der Waals surface area contributed by atoms with E-state index < -0.39 is 13.0 Å². The molecule has 0 radical (unpaired) electrons. The molecule has 0 amide bonds. The van der Waals surface area contributed by atoms with Gasteiger partial charge >= 0.3 is 0 Å². The fourth-order valence-corrected chi connectivity index (χ4v) is 1.61. The molecule has 0 bridgehead atoms. The zero-order valence-corrected chi connectivity index (χ0v) is 7.75. The number of nitrogens with zero attached hydrogens (tertiary/aromatic N) is 2. The molecule has 0 fully saturated rings. The van der Waals surface area contributed by atoms with Gasteiger partial charge in [-0.05, 0) is 19.3 Å². The van der Waals surface area contributed by atoms with Crippen molar-refractivity contribution in [3.63, 3.8) is 0 Å². The molecule has 0 saturated carbocycles. The van der Waals surface area contributed by atoms with Crippen molar-refractivity contribution >= 4 is 0 Å². The van der Waals surface area contributed by atoms with Gasteiger partial charge in [0.1, 0.15) is 0 Å². The summed E-state index contributed by atoms with van der Waals surface area (Å²) in [5, 5.41) is 4.08. The molecular weight excluding hydrogens is 190 g/mol. The fourth-order valence-electron chi connectivity index (χ4n) is 1.61. The third-order valence-corrected chi connectivity index (χ3v) is 2.25. The molecule has 0 saturated heterocycles. The minimum absolute atomic E-state index is 0.321. The maximum absolute atomic E-state index is 11.8. The number of hydrogen-bond donors (Lipinski definition) is 0. The van der Waals surface area contributed by atoms with Crippen molar-refractivity contribution in [3.05, 3.63) is 11.8 Å². The van der Waals surface area contributed by atoms with Crippen molar-refractivity contribution in [1.29, 1.82) is 0 Å². The number of aromatic nitrogens is 2. The van der Waals surface area contributed by atoms with E-state index in [1.165, 1.54) is 0 Å². The van der Waals surface area contributed by atoms with Gasteiger partial charge in [-0.1, -0.05) is 0 Å². The summed E-state index contributed by atoms with van der Waals surface area (Å²) in [5.74, 6) is 0.321. The Morgan fingerprint density at radius 1 is 1.50 bits per heavy atom. The topological polar surface area (TPSA) is 27.1 Å². The minimum atomic E-state index is -2.44. The SMILES string of the molecule is FC(F)COc1cc2n(n1)CCCC2. The maximum atomic E-state index is 11.8. The highest BCUT2D eigenvalue weighted by Gasteiger charge is 2.13. The Morgan fingerprint density at radius 3 is 3.07 bits per heavy atom. The first-order valence-corrected chi connectivity index (χ1v) is 4.73. The van der Waals surface area contributed by atoms with Crippen LogP contribution in [0.2, 0.25) is 0 Å². The van der Waals surface area contributed by atoms with Gasteiger partial charge in [-0.25, -0.2) is 8.78 Å². The van der Waals surface area contributed by atoms with Gasteiger partial charge in [0.2, 0.25) is 5.88 Å². The summed E-state index contributed by atoms with van der Waals surface area (Å²) in [6.45, 7) is 0.295. The van der Waals surface area contributed by atoms with Gasteiger partial charge in [0, 0.05) is 18.3 Å². The molecule has 0 unspecified atom stereocenters. The largest absolute Gasteiger partial charge is 0.471 e. The Labute approximate surface area is 80.7 Å². The smallest absolute Gasteiger partial charge is 0.272 e. The van der Waals surface area contributed by atoms with Crippen molar-refractivity contribution in [2.45, 2.75) is 32.2 Å². The van der Waals surface area contributed by atoms with E-state index in [0.29, 0.717) is 5.88 Å². The van der Waals surface area contributed by atoms with Crippen molar-refractivity contribution in [3.8, 4) is 5.88 Å². The molecule has 3 nitrogen and oxygen atoms in total. The molecule has 78 valence electrons. The standard InChI is InChI=1S/C9H12F2N2O/c10-8(11)6-14-9-5-7-3-1-2-4-13(7)12-9/h5,8H,1-4,6H2. The van der Waals surface area contributed by atoms with E-state index >= 15 is 0 Å². The van der Waals surface area contributed by atoms with E-state index in [0.717, 1.165) is 31.5 Å². The number of fused-ring (bicyclic) bond motifs is 1. The Kier molecular flexibility index (Phi) is 2.65. The molecule has 0 N–H and O–H groups in total. The zero-order chi connectivity index (χ0) is 9.97. The van der Waals surface area contributed by atoms with Gasteiger partial charge in [-0.15, -0.1) is 5.10 Å². The molecule has 1 aromatic heterocycles. The van der Waals surface area contributed by atoms with Gasteiger partial charge in [0.15, 0.2) is 6.61 Å². The van der Waals surface area contributed by atoms with Crippen LogP contribution in [0.25, 0.3) is 0 Å². The average molecular weight is 202 g/mol. The number of hydrogen-bond acceptors (Lipinski definition) is 2. The van der Waals surface area contributed by atoms with Crippen LogP contribution in [0, 0.1) is 0 Å². The first-order chi connectivity index (χ1) is 6.75. The first-order valence-electron chi connectivity index (χ1n) is 4.73. The first kappa shape index (κ1) is 9.43. The van der Waals surface area contributed by atoms with Crippen LogP contribution in [-0.4, -0.2) is 22.8 Å². The van der Waals surface area contributed by atoms with Gasteiger partial charge < -0.3 is 4.74 Å². The Morgan fingerprint density at radius 2 is 2.36 bits per heavy atom. The van der Waals surface area contributed by atoms with Crippen LogP contribution in [0.3, 0.4) is 0 Å². The van der Waals surface area contributed by atoms with Gasteiger partial charge in [-0.2, -0.15) is 0 Å². The van der Waals surface area contributed by atoms with E-state index in [9.17, 15) is 8.78 Å². The summed E-state index contributed by atoms with van der Waals surface area (Å²) in [4.78, 5) is 0. The summed E-state index contributed by atoms with van der Waals surface area (Å²) in [6, 6.07) is 1.75. The van der Waals surface area contributed by atoms with E-state index in [1.54, 1.807) is 6.07 Å². The molecule has 5 heteroatoms. The summed E-state index contributed by atoms with van der Waals surface area (Å²) in [6.07, 6.45) is 0.766. The highest BCUT2D eigenvalue weighted by atomic mass is 19.3. The molecule has 0 aliphatic carbocycles. The predicted molar refractivity (Wildman–Crippen MR) is 46.7 cm³/mol. The minimum Gasteiger partial charge on any atom is -0.471 e. The number of halogens is 2. The maximum Gasteiger partial charge on any atom is 0.272 e. The van der Waals surface area contributed by atoms with Crippen molar-refractivity contribution in [2.24, 2.45) is 0 Å². The van der Waals surface area contributed by atoms with Crippen LogP contribution >= 0.6 is 0 Å². The Hall–Kier alpha value is -1.13. The van der Waals surface area contributed by atoms with E-state index in [2.05, 4.69) is 5.10 Å². The van der Waals surface area contributed by atoms with Gasteiger partial charge in [0.25, 0.3) is 6.43 Å². The molecule has 0 spiro atoms. The fraction of sp³-hybridized carbons (Fsp3) is 0.667. The molecule has 14 heavy (non-hydrogen) atoms. The van der Waals surface area contributed by atoms with Crippen LogP contribution < -0.4 is 4.74 Å². The average Bonchev–Trinajstić information content (AvgIpc) is 2.57. The highest BCUT2D eigenvalue weighted by molar-refractivity contribution is 5.16. The summed E-state index contributed by atoms with van der Waals surface area (Å²) < 4.78 is 30.4. The molecule has 2 rings (SSSR count).